The van der Waals surface area contributed by atoms with Gasteiger partial charge in [0.1, 0.15) is 0 Å². The number of benzene rings is 1. The molecule has 0 radical (unpaired) electrons. The second-order valence-corrected chi connectivity index (χ2v) is 7.35. The lowest BCUT2D eigenvalue weighted by Crippen LogP contribution is -2.37. The van der Waals surface area contributed by atoms with E-state index in [9.17, 15) is 9.59 Å². The largest absolute Gasteiger partial charge is 0.377 e. The van der Waals surface area contributed by atoms with Crippen LogP contribution in [-0.4, -0.2) is 36.9 Å². The van der Waals surface area contributed by atoms with E-state index in [2.05, 4.69) is 29.0 Å². The van der Waals surface area contributed by atoms with Crippen LogP contribution in [0, 0.1) is 5.92 Å². The Morgan fingerprint density at radius 1 is 1.15 bits per heavy atom. The molecule has 1 aliphatic carbocycles. The summed E-state index contributed by atoms with van der Waals surface area (Å²) in [6.07, 6.45) is 4.40. The van der Waals surface area contributed by atoms with Gasteiger partial charge in [-0.25, -0.2) is 0 Å². The number of rotatable bonds is 9. The van der Waals surface area contributed by atoms with E-state index < -0.39 is 0 Å². The van der Waals surface area contributed by atoms with Gasteiger partial charge in [0.15, 0.2) is 0 Å². The summed E-state index contributed by atoms with van der Waals surface area (Å²) in [4.78, 5) is 28.9. The van der Waals surface area contributed by atoms with E-state index in [4.69, 9.17) is 0 Å². The van der Waals surface area contributed by atoms with Gasteiger partial charge < -0.3 is 15.1 Å². The van der Waals surface area contributed by atoms with Crippen LogP contribution < -0.4 is 10.2 Å². The minimum Gasteiger partial charge on any atom is -0.377 e. The number of hydrogen-bond acceptors (Lipinski definition) is 3. The Morgan fingerprint density at radius 2 is 1.81 bits per heavy atom. The lowest BCUT2D eigenvalue weighted by molar-refractivity contribution is -0.137. The molecule has 2 amide bonds. The molecule has 1 aliphatic rings. The Morgan fingerprint density at radius 3 is 2.31 bits per heavy atom. The number of amides is 2. The number of nitrogens with zero attached hydrogens (tertiary/aromatic N) is 2. The van der Waals surface area contributed by atoms with E-state index in [0.717, 1.165) is 42.6 Å². The molecule has 0 bridgehead atoms. The van der Waals surface area contributed by atoms with Crippen LogP contribution in [-0.2, 0) is 16.1 Å². The summed E-state index contributed by atoms with van der Waals surface area (Å²) in [7, 11) is 4.01. The second kappa shape index (κ2) is 9.06. The van der Waals surface area contributed by atoms with E-state index >= 15 is 0 Å². The highest BCUT2D eigenvalue weighted by Gasteiger charge is 2.35. The fraction of sp³-hybridized carbons (Fsp3) is 0.619. The van der Waals surface area contributed by atoms with Crippen LogP contribution in [0.4, 0.5) is 11.4 Å². The van der Waals surface area contributed by atoms with E-state index in [-0.39, 0.29) is 17.7 Å². The molecule has 144 valence electrons. The van der Waals surface area contributed by atoms with E-state index in [1.54, 1.807) is 0 Å². The van der Waals surface area contributed by atoms with Crippen LogP contribution in [0.1, 0.15) is 58.4 Å². The summed E-state index contributed by atoms with van der Waals surface area (Å²) in [6, 6.07) is 6.33. The predicted octanol–water partition coefficient (Wildman–Crippen LogP) is 4.03. The molecule has 5 nitrogen and oxygen atoms in total. The first kappa shape index (κ1) is 20.3. The molecule has 1 aromatic carbocycles. The van der Waals surface area contributed by atoms with Crippen molar-refractivity contribution in [1.29, 1.82) is 0 Å². The van der Waals surface area contributed by atoms with Crippen molar-refractivity contribution in [2.45, 2.75) is 65.5 Å². The minimum absolute atomic E-state index is 0.000656. The number of hydrogen-bond donors (Lipinski definition) is 1. The first-order valence-corrected chi connectivity index (χ1v) is 9.81. The van der Waals surface area contributed by atoms with Crippen LogP contribution in [0.2, 0.25) is 0 Å². The Labute approximate surface area is 157 Å². The zero-order valence-electron chi connectivity index (χ0n) is 16.8. The minimum atomic E-state index is 0.000656. The van der Waals surface area contributed by atoms with Gasteiger partial charge >= 0.3 is 0 Å². The van der Waals surface area contributed by atoms with Crippen LogP contribution >= 0.6 is 0 Å². The summed E-state index contributed by atoms with van der Waals surface area (Å²) in [6.45, 7) is 6.61. The zero-order valence-corrected chi connectivity index (χ0v) is 16.8. The highest BCUT2D eigenvalue weighted by molar-refractivity contribution is 5.91. The van der Waals surface area contributed by atoms with Crippen LogP contribution in [0.25, 0.3) is 0 Å². The monoisotopic (exact) mass is 359 g/mol. The fourth-order valence-corrected chi connectivity index (χ4v) is 3.30. The van der Waals surface area contributed by atoms with Crippen LogP contribution in [0.5, 0.6) is 0 Å². The molecular weight excluding hydrogens is 326 g/mol. The quantitative estimate of drug-likeness (QED) is 0.724. The molecule has 5 heteroatoms. The van der Waals surface area contributed by atoms with Gasteiger partial charge in [0.25, 0.3) is 0 Å². The maximum atomic E-state index is 13.0. The molecule has 2 rings (SSSR count). The maximum Gasteiger partial charge on any atom is 0.226 e. The van der Waals surface area contributed by atoms with Gasteiger partial charge in [0.2, 0.25) is 11.8 Å². The van der Waals surface area contributed by atoms with Crippen molar-refractivity contribution in [3.8, 4) is 0 Å². The molecule has 0 atom stereocenters. The third kappa shape index (κ3) is 4.99. The normalized spacial score (nSPS) is 13.6. The Hall–Kier alpha value is -2.04. The van der Waals surface area contributed by atoms with Gasteiger partial charge in [0, 0.05) is 50.4 Å². The van der Waals surface area contributed by atoms with Crippen molar-refractivity contribution in [1.82, 2.24) is 4.90 Å². The van der Waals surface area contributed by atoms with E-state index in [1.165, 1.54) is 0 Å². The van der Waals surface area contributed by atoms with Crippen molar-refractivity contribution in [2.75, 3.05) is 24.3 Å². The second-order valence-electron chi connectivity index (χ2n) is 7.35. The number of carbonyl (C=O) groups is 2. The molecule has 0 aromatic heterocycles. The molecule has 0 saturated heterocycles. The van der Waals surface area contributed by atoms with Crippen molar-refractivity contribution in [2.24, 2.45) is 5.92 Å². The summed E-state index contributed by atoms with van der Waals surface area (Å²) in [5, 5.41) is 2.93. The van der Waals surface area contributed by atoms with Crippen molar-refractivity contribution >= 4 is 23.2 Å². The van der Waals surface area contributed by atoms with E-state index in [0.29, 0.717) is 19.0 Å². The average molecular weight is 360 g/mol. The fourth-order valence-electron chi connectivity index (χ4n) is 3.30. The van der Waals surface area contributed by atoms with E-state index in [1.807, 2.05) is 39.2 Å². The summed E-state index contributed by atoms with van der Waals surface area (Å²) in [5.41, 5.74) is 2.96. The van der Waals surface area contributed by atoms with Gasteiger partial charge in [-0.05, 0) is 49.4 Å². The number of carbonyl (C=O) groups excluding carboxylic acids is 2. The van der Waals surface area contributed by atoms with Gasteiger partial charge in [0.05, 0.1) is 0 Å². The lowest BCUT2D eigenvalue weighted by atomic mass is 10.0. The maximum absolute atomic E-state index is 13.0. The van der Waals surface area contributed by atoms with Gasteiger partial charge in [-0.3, -0.25) is 9.59 Å². The third-order valence-corrected chi connectivity index (χ3v) is 5.11. The van der Waals surface area contributed by atoms with Crippen LogP contribution in [0.15, 0.2) is 18.2 Å². The zero-order chi connectivity index (χ0) is 19.3. The topological polar surface area (TPSA) is 52.7 Å². The van der Waals surface area contributed by atoms with Crippen LogP contribution in [0.3, 0.4) is 0 Å². The average Bonchev–Trinajstić information content (AvgIpc) is 3.45. The summed E-state index contributed by atoms with van der Waals surface area (Å²) >= 11 is 0. The highest BCUT2D eigenvalue weighted by atomic mass is 16.2. The Bertz CT molecular complexity index is 634. The standard InChI is InChI=1S/C21H33N3O2/c1-6-15(7-2)21(26)24(18-10-11-18)14-16-13-17(22-20(25)8-3)9-12-19(16)23(4)5/h9,12-13,15,18H,6-8,10-11,14H2,1-5H3,(H,22,25). The Balaban J connectivity index is 2.29. The molecule has 1 fully saturated rings. The molecule has 1 N–H and O–H groups in total. The molecule has 0 unspecified atom stereocenters. The first-order chi connectivity index (χ1) is 12.4. The molecule has 26 heavy (non-hydrogen) atoms. The highest BCUT2D eigenvalue weighted by Crippen LogP contribution is 2.33. The van der Waals surface area contributed by atoms with Crippen molar-refractivity contribution < 1.29 is 9.59 Å². The van der Waals surface area contributed by atoms with Crippen molar-refractivity contribution in [3.05, 3.63) is 23.8 Å². The number of anilines is 2. The molecule has 1 aromatic rings. The molecular formula is C21H33N3O2. The lowest BCUT2D eigenvalue weighted by Gasteiger charge is -2.29. The molecule has 0 heterocycles. The summed E-state index contributed by atoms with van der Waals surface area (Å²) in [5.74, 6) is 0.368. The number of nitrogens with one attached hydrogen (secondary N) is 1. The SMILES string of the molecule is CCC(=O)Nc1ccc(N(C)C)c(CN(C(=O)C(CC)CC)C2CC2)c1. The smallest absolute Gasteiger partial charge is 0.226 e. The Kier molecular flexibility index (Phi) is 7.06. The first-order valence-electron chi connectivity index (χ1n) is 9.81. The molecule has 1 saturated carbocycles. The molecule has 0 aliphatic heterocycles. The molecule has 0 spiro atoms. The van der Waals surface area contributed by atoms with Gasteiger partial charge in [-0.2, -0.15) is 0 Å². The van der Waals surface area contributed by atoms with Gasteiger partial charge in [-0.1, -0.05) is 20.8 Å². The van der Waals surface area contributed by atoms with Crippen molar-refractivity contribution in [3.63, 3.8) is 0 Å². The third-order valence-electron chi connectivity index (χ3n) is 5.11. The summed E-state index contributed by atoms with van der Waals surface area (Å²) < 4.78 is 0. The predicted molar refractivity (Wildman–Crippen MR) is 107 cm³/mol. The van der Waals surface area contributed by atoms with Gasteiger partial charge in [-0.15, -0.1) is 0 Å².